The minimum absolute atomic E-state index is 0.0591. The Morgan fingerprint density at radius 1 is 1.22 bits per heavy atom. The second-order valence-corrected chi connectivity index (χ2v) is 16.3. The van der Waals surface area contributed by atoms with Crippen molar-refractivity contribution >= 4 is 24.9 Å². The monoisotopic (exact) mass is 530 g/mol. The Balaban J connectivity index is 1.74. The van der Waals surface area contributed by atoms with Gasteiger partial charge in [0.2, 0.25) is 5.95 Å². The van der Waals surface area contributed by atoms with E-state index in [0.29, 0.717) is 28.6 Å². The molecule has 4 rings (SSSR count). The number of halogens is 3. The molecule has 7 nitrogen and oxygen atoms in total. The molecule has 1 fully saturated rings. The van der Waals surface area contributed by atoms with Crippen molar-refractivity contribution in [3.05, 3.63) is 41.7 Å². The van der Waals surface area contributed by atoms with E-state index >= 15 is 0 Å². The number of ether oxygens (including phenoxy) is 1. The molecule has 0 unspecified atom stereocenters. The average Bonchev–Trinajstić information content (AvgIpc) is 3.19. The Hall–Kier alpha value is -2.94. The van der Waals surface area contributed by atoms with Gasteiger partial charge >= 0.3 is 6.18 Å². The van der Waals surface area contributed by atoms with Crippen LogP contribution in [0.3, 0.4) is 0 Å². The molecule has 2 heterocycles. The van der Waals surface area contributed by atoms with Gasteiger partial charge in [0.05, 0.1) is 22.8 Å². The molecule has 2 N–H and O–H groups in total. The lowest BCUT2D eigenvalue weighted by Gasteiger charge is -2.37. The first-order valence-electron chi connectivity index (χ1n) is 12.6. The molecule has 0 aliphatic heterocycles. The van der Waals surface area contributed by atoms with Crippen LogP contribution >= 0.6 is 0 Å². The van der Waals surface area contributed by atoms with Crippen molar-refractivity contribution in [1.29, 1.82) is 5.26 Å². The number of alkyl halides is 3. The average molecular weight is 531 g/mol. The van der Waals surface area contributed by atoms with Crippen LogP contribution < -0.4 is 10.6 Å². The zero-order valence-electron chi connectivity index (χ0n) is 21.6. The SMILES string of the molecule is CCN[C@H]1CC[C@@H]1Nc1ncc(C(F)(F)F)c(-c2cn(COCC[Si](C)(C)C)c3cc(C#N)ccc23)n1. The van der Waals surface area contributed by atoms with E-state index in [1.165, 1.54) is 0 Å². The lowest BCUT2D eigenvalue weighted by atomic mass is 9.86. The summed E-state index contributed by atoms with van der Waals surface area (Å²) in [5, 5.41) is 16.5. The first-order chi connectivity index (χ1) is 17.5. The third kappa shape index (κ3) is 6.31. The summed E-state index contributed by atoms with van der Waals surface area (Å²) in [6, 6.07) is 8.31. The highest BCUT2D eigenvalue weighted by molar-refractivity contribution is 6.76. The predicted molar refractivity (Wildman–Crippen MR) is 141 cm³/mol. The Kier molecular flexibility index (Phi) is 7.92. The van der Waals surface area contributed by atoms with E-state index in [0.717, 1.165) is 31.6 Å². The van der Waals surface area contributed by atoms with Crippen molar-refractivity contribution in [3.8, 4) is 17.3 Å². The zero-order valence-corrected chi connectivity index (χ0v) is 22.6. The van der Waals surface area contributed by atoms with E-state index in [-0.39, 0.29) is 30.5 Å². The summed E-state index contributed by atoms with van der Waals surface area (Å²) >= 11 is 0. The number of aromatic nitrogens is 3. The molecule has 198 valence electrons. The summed E-state index contributed by atoms with van der Waals surface area (Å²) in [7, 11) is -1.30. The molecule has 0 saturated heterocycles. The van der Waals surface area contributed by atoms with E-state index in [1.807, 2.05) is 6.92 Å². The topological polar surface area (TPSA) is 87.8 Å². The molecule has 1 saturated carbocycles. The zero-order chi connectivity index (χ0) is 26.8. The number of nitriles is 1. The third-order valence-electron chi connectivity index (χ3n) is 6.64. The normalized spacial score (nSPS) is 18.0. The van der Waals surface area contributed by atoms with Gasteiger partial charge in [-0.25, -0.2) is 9.97 Å². The fraction of sp³-hybridized carbons (Fsp3) is 0.500. The lowest BCUT2D eigenvalue weighted by molar-refractivity contribution is -0.137. The molecule has 0 spiro atoms. The van der Waals surface area contributed by atoms with Gasteiger partial charge in [-0.1, -0.05) is 32.6 Å². The van der Waals surface area contributed by atoms with Gasteiger partial charge in [-0.05, 0) is 37.6 Å². The molecule has 1 aliphatic carbocycles. The molecule has 0 amide bonds. The van der Waals surface area contributed by atoms with Gasteiger partial charge in [-0.15, -0.1) is 0 Å². The van der Waals surface area contributed by atoms with Crippen LogP contribution in [0.1, 0.15) is 30.9 Å². The number of nitrogens with zero attached hydrogens (tertiary/aromatic N) is 4. The Bertz CT molecular complexity index is 1290. The van der Waals surface area contributed by atoms with E-state index in [9.17, 15) is 18.4 Å². The maximum Gasteiger partial charge on any atom is 0.419 e. The van der Waals surface area contributed by atoms with Crippen LogP contribution in [0.4, 0.5) is 19.1 Å². The first-order valence-corrected chi connectivity index (χ1v) is 16.3. The van der Waals surface area contributed by atoms with Crippen LogP contribution in [0.25, 0.3) is 22.2 Å². The van der Waals surface area contributed by atoms with Crippen LogP contribution in [-0.4, -0.2) is 47.8 Å². The number of anilines is 1. The fourth-order valence-electron chi connectivity index (χ4n) is 4.41. The van der Waals surface area contributed by atoms with Crippen molar-refractivity contribution in [2.45, 2.75) is 70.4 Å². The highest BCUT2D eigenvalue weighted by Gasteiger charge is 2.37. The van der Waals surface area contributed by atoms with Crippen LogP contribution in [0, 0.1) is 11.3 Å². The van der Waals surface area contributed by atoms with Gasteiger partial charge in [0.25, 0.3) is 0 Å². The number of likely N-dealkylation sites (N-methyl/N-ethyl adjacent to an activating group) is 1. The smallest absolute Gasteiger partial charge is 0.361 e. The van der Waals surface area contributed by atoms with Crippen molar-refractivity contribution in [2.75, 3.05) is 18.5 Å². The second-order valence-electron chi connectivity index (χ2n) is 10.7. The van der Waals surface area contributed by atoms with Crippen LogP contribution in [0.2, 0.25) is 25.7 Å². The van der Waals surface area contributed by atoms with Crippen molar-refractivity contribution < 1.29 is 17.9 Å². The van der Waals surface area contributed by atoms with E-state index < -0.39 is 19.8 Å². The molecule has 37 heavy (non-hydrogen) atoms. The molecular weight excluding hydrogens is 497 g/mol. The van der Waals surface area contributed by atoms with Crippen LogP contribution in [0.5, 0.6) is 0 Å². The fourth-order valence-corrected chi connectivity index (χ4v) is 5.16. The lowest BCUT2D eigenvalue weighted by Crippen LogP contribution is -2.52. The van der Waals surface area contributed by atoms with E-state index in [1.54, 1.807) is 29.0 Å². The quantitative estimate of drug-likeness (QED) is 0.252. The van der Waals surface area contributed by atoms with Gasteiger partial charge < -0.3 is 19.9 Å². The third-order valence-corrected chi connectivity index (χ3v) is 8.35. The van der Waals surface area contributed by atoms with Gasteiger partial charge in [0.15, 0.2) is 0 Å². The molecule has 11 heteroatoms. The second kappa shape index (κ2) is 10.8. The molecule has 3 aromatic rings. The van der Waals surface area contributed by atoms with Gasteiger partial charge in [-0.3, -0.25) is 0 Å². The summed E-state index contributed by atoms with van der Waals surface area (Å²) in [6.45, 7) is 10.3. The largest absolute Gasteiger partial charge is 0.419 e. The standard InChI is InChI=1S/C26H33F3N6OSi/c1-5-31-21-8-9-22(21)33-25-32-14-20(26(27,28)29)24(34-25)19-15-35(16-36-10-11-37(2,3)4)23-12-17(13-30)6-7-18(19)23/h6-7,12,14-15,21-22,31H,5,8-11,16H2,1-4H3,(H,32,33,34)/t21-,22-/m0/s1. The Labute approximate surface area is 216 Å². The Morgan fingerprint density at radius 3 is 2.59 bits per heavy atom. The minimum atomic E-state index is -4.63. The molecule has 0 bridgehead atoms. The maximum absolute atomic E-state index is 14.1. The number of nitrogens with one attached hydrogen (secondary N) is 2. The van der Waals surface area contributed by atoms with Gasteiger partial charge in [0, 0.05) is 50.1 Å². The number of rotatable bonds is 10. The molecule has 2 atom stereocenters. The van der Waals surface area contributed by atoms with E-state index in [4.69, 9.17) is 4.74 Å². The van der Waals surface area contributed by atoms with Crippen molar-refractivity contribution in [3.63, 3.8) is 0 Å². The minimum Gasteiger partial charge on any atom is -0.361 e. The van der Waals surface area contributed by atoms with Gasteiger partial charge in [-0.2, -0.15) is 18.4 Å². The van der Waals surface area contributed by atoms with Crippen LogP contribution in [-0.2, 0) is 17.6 Å². The molecule has 0 radical (unpaired) electrons. The maximum atomic E-state index is 14.1. The van der Waals surface area contributed by atoms with Crippen LogP contribution in [0.15, 0.2) is 30.6 Å². The summed E-state index contributed by atoms with van der Waals surface area (Å²) < 4.78 is 49.9. The van der Waals surface area contributed by atoms with Crippen molar-refractivity contribution in [1.82, 2.24) is 19.9 Å². The number of hydrogen-bond acceptors (Lipinski definition) is 6. The molecule has 2 aromatic heterocycles. The van der Waals surface area contributed by atoms with E-state index in [2.05, 4.69) is 46.3 Å². The highest BCUT2D eigenvalue weighted by atomic mass is 28.3. The summed E-state index contributed by atoms with van der Waals surface area (Å²) in [5.41, 5.74) is 0.260. The summed E-state index contributed by atoms with van der Waals surface area (Å²) in [5.74, 6) is 0.163. The predicted octanol–water partition coefficient (Wildman–Crippen LogP) is 5.85. The Morgan fingerprint density at radius 2 is 1.97 bits per heavy atom. The van der Waals surface area contributed by atoms with Crippen molar-refractivity contribution in [2.24, 2.45) is 0 Å². The number of fused-ring (bicyclic) bond motifs is 1. The summed E-state index contributed by atoms with van der Waals surface area (Å²) in [6.07, 6.45) is -0.269. The summed E-state index contributed by atoms with van der Waals surface area (Å²) in [4.78, 5) is 8.38. The number of benzene rings is 1. The molecule has 1 aliphatic rings. The number of hydrogen-bond donors (Lipinski definition) is 2. The van der Waals surface area contributed by atoms with Gasteiger partial charge in [0.1, 0.15) is 12.3 Å². The highest BCUT2D eigenvalue weighted by Crippen LogP contribution is 2.40. The first kappa shape index (κ1) is 27.1. The molecule has 1 aromatic carbocycles. The molecular formula is C26H33F3N6OSi.